The maximum Gasteiger partial charge on any atom is 0.272 e. The van der Waals surface area contributed by atoms with Crippen LogP contribution >= 0.6 is 23.2 Å². The molecule has 3 aromatic rings. The third-order valence-corrected chi connectivity index (χ3v) is 9.16. The van der Waals surface area contributed by atoms with Crippen molar-refractivity contribution < 1.29 is 27.2 Å². The first kappa shape index (κ1) is 26.8. The quantitative estimate of drug-likeness (QED) is 0.300. The molecule has 1 unspecified atom stereocenters. The summed E-state index contributed by atoms with van der Waals surface area (Å²) in [4.78, 5) is 28.2. The number of benzene rings is 2. The third kappa shape index (κ3) is 4.99. The molecule has 0 aliphatic carbocycles. The zero-order valence-electron chi connectivity index (χ0n) is 20.5. The fourth-order valence-corrected chi connectivity index (χ4v) is 6.80. The van der Waals surface area contributed by atoms with Gasteiger partial charge in [-0.3, -0.25) is 14.5 Å². The van der Waals surface area contributed by atoms with Crippen LogP contribution in [0.3, 0.4) is 0 Å². The maximum absolute atomic E-state index is 13.9. The second kappa shape index (κ2) is 10.4. The molecule has 1 atom stereocenters. The Morgan fingerprint density at radius 1 is 1.08 bits per heavy atom. The van der Waals surface area contributed by atoms with E-state index in [0.29, 0.717) is 32.7 Å². The summed E-state index contributed by atoms with van der Waals surface area (Å²) in [6.45, 7) is 0. The van der Waals surface area contributed by atoms with Gasteiger partial charge in [0, 0.05) is 11.1 Å². The van der Waals surface area contributed by atoms with E-state index in [0.717, 1.165) is 4.90 Å². The lowest BCUT2D eigenvalue weighted by molar-refractivity contribution is -0.142. The monoisotopic (exact) mass is 582 g/mol. The van der Waals surface area contributed by atoms with E-state index >= 15 is 0 Å². The van der Waals surface area contributed by atoms with Crippen LogP contribution in [0.25, 0.3) is 23.0 Å². The number of hydrogen-bond acceptors (Lipinski definition) is 7. The SMILES string of the molecule is COc1ccc(C2=C(C#N)C(=O)N(C3CCS(=O)(=O)C3)C(=O)/C2=C\c2ccc(-c3cccc(Cl)c3Cl)o2)cc1. The Kier molecular flexibility index (Phi) is 7.12. The Labute approximate surface area is 234 Å². The molecule has 39 heavy (non-hydrogen) atoms. The van der Waals surface area contributed by atoms with Gasteiger partial charge in [-0.15, -0.1) is 0 Å². The van der Waals surface area contributed by atoms with Crippen LogP contribution in [0.5, 0.6) is 5.75 Å². The third-order valence-electron chi connectivity index (χ3n) is 6.60. The standard InChI is InChI=1S/C28H20Cl2N2O6S/c1-37-18-7-5-16(6-8-18)25-21(13-19-9-10-24(38-19)20-3-2-4-23(29)26(20)30)27(33)32(28(34)22(25)14-31)17-11-12-39(35,36)15-17/h2-10,13,17H,11-12,15H2,1H3/b21-13-. The highest BCUT2D eigenvalue weighted by atomic mass is 35.5. The number of amides is 2. The van der Waals surface area contributed by atoms with Gasteiger partial charge in [-0.25, -0.2) is 8.42 Å². The van der Waals surface area contributed by atoms with Gasteiger partial charge in [0.25, 0.3) is 11.8 Å². The molecular weight excluding hydrogens is 563 g/mol. The predicted molar refractivity (Wildman–Crippen MR) is 147 cm³/mol. The lowest BCUT2D eigenvalue weighted by Gasteiger charge is -2.32. The summed E-state index contributed by atoms with van der Waals surface area (Å²) >= 11 is 12.5. The Balaban J connectivity index is 1.67. The molecule has 1 saturated heterocycles. The van der Waals surface area contributed by atoms with Crippen LogP contribution in [0, 0.1) is 11.3 Å². The summed E-state index contributed by atoms with van der Waals surface area (Å²) in [7, 11) is -1.92. The van der Waals surface area contributed by atoms with E-state index < -0.39 is 27.7 Å². The fraction of sp³-hybridized carbons (Fsp3) is 0.179. The predicted octanol–water partition coefficient (Wildman–Crippen LogP) is 5.18. The van der Waals surface area contributed by atoms with Gasteiger partial charge in [-0.2, -0.15) is 5.26 Å². The van der Waals surface area contributed by atoms with Gasteiger partial charge in [0.05, 0.1) is 40.3 Å². The van der Waals surface area contributed by atoms with Crippen LogP contribution in [0.1, 0.15) is 17.7 Å². The van der Waals surface area contributed by atoms with Gasteiger partial charge in [-0.05, 0) is 54.5 Å². The van der Waals surface area contributed by atoms with E-state index in [1.54, 1.807) is 54.6 Å². The van der Waals surface area contributed by atoms with Crippen LogP contribution in [0.2, 0.25) is 10.0 Å². The number of furan rings is 1. The van der Waals surface area contributed by atoms with Crippen molar-refractivity contribution in [2.45, 2.75) is 12.5 Å². The van der Waals surface area contributed by atoms with Crippen molar-refractivity contribution in [2.75, 3.05) is 18.6 Å². The second-order valence-corrected chi connectivity index (χ2v) is 12.0. The van der Waals surface area contributed by atoms with Crippen LogP contribution < -0.4 is 4.74 Å². The van der Waals surface area contributed by atoms with E-state index in [-0.39, 0.29) is 40.4 Å². The topological polar surface area (TPSA) is 118 Å². The molecule has 5 rings (SSSR count). The normalized spacial score (nSPS) is 20.0. The largest absolute Gasteiger partial charge is 0.497 e. The highest BCUT2D eigenvalue weighted by Crippen LogP contribution is 2.39. The van der Waals surface area contributed by atoms with E-state index in [2.05, 4.69) is 0 Å². The number of nitriles is 1. The number of rotatable bonds is 5. The van der Waals surface area contributed by atoms with Gasteiger partial charge in [0.1, 0.15) is 28.9 Å². The first-order valence-electron chi connectivity index (χ1n) is 11.8. The van der Waals surface area contributed by atoms with Crippen LogP contribution in [-0.4, -0.2) is 49.8 Å². The Morgan fingerprint density at radius 3 is 2.46 bits per heavy atom. The summed E-state index contributed by atoms with van der Waals surface area (Å²) < 4.78 is 35.5. The van der Waals surface area contributed by atoms with Crippen molar-refractivity contribution in [2.24, 2.45) is 0 Å². The first-order chi connectivity index (χ1) is 18.6. The van der Waals surface area contributed by atoms with Crippen LogP contribution in [0.15, 0.2) is 70.2 Å². The van der Waals surface area contributed by atoms with Crippen molar-refractivity contribution in [3.8, 4) is 23.1 Å². The molecule has 2 aromatic carbocycles. The smallest absolute Gasteiger partial charge is 0.272 e. The summed E-state index contributed by atoms with van der Waals surface area (Å²) in [5, 5.41) is 10.7. The lowest BCUT2D eigenvalue weighted by Crippen LogP contribution is -2.49. The number of methoxy groups -OCH3 is 1. The number of sulfone groups is 1. The van der Waals surface area contributed by atoms with Gasteiger partial charge in [0.2, 0.25) is 0 Å². The molecule has 3 heterocycles. The molecule has 2 aliphatic heterocycles. The van der Waals surface area contributed by atoms with Crippen molar-refractivity contribution >= 4 is 56.5 Å². The minimum atomic E-state index is -3.42. The highest BCUT2D eigenvalue weighted by Gasteiger charge is 2.45. The number of carbonyl (C=O) groups is 2. The lowest BCUT2D eigenvalue weighted by atomic mass is 9.87. The zero-order valence-corrected chi connectivity index (χ0v) is 22.8. The molecule has 1 fully saturated rings. The number of halogens is 2. The molecule has 11 heteroatoms. The van der Waals surface area contributed by atoms with E-state index in [9.17, 15) is 23.3 Å². The van der Waals surface area contributed by atoms with Crippen LogP contribution in [-0.2, 0) is 19.4 Å². The minimum absolute atomic E-state index is 0.0127. The van der Waals surface area contributed by atoms with Gasteiger partial charge in [-0.1, -0.05) is 41.4 Å². The first-order valence-corrected chi connectivity index (χ1v) is 14.3. The molecule has 8 nitrogen and oxygen atoms in total. The molecule has 2 amide bonds. The molecule has 0 bridgehead atoms. The number of ether oxygens (including phenoxy) is 1. The number of imide groups is 1. The van der Waals surface area contributed by atoms with Crippen molar-refractivity contribution in [1.82, 2.24) is 4.90 Å². The van der Waals surface area contributed by atoms with Gasteiger partial charge >= 0.3 is 0 Å². The van der Waals surface area contributed by atoms with Gasteiger partial charge in [0.15, 0.2) is 9.84 Å². The summed E-state index contributed by atoms with van der Waals surface area (Å²) in [5.41, 5.74) is 0.828. The van der Waals surface area contributed by atoms with E-state index in [1.165, 1.54) is 13.2 Å². The Morgan fingerprint density at radius 2 is 1.82 bits per heavy atom. The number of nitrogens with zero attached hydrogens (tertiary/aromatic N) is 2. The average Bonchev–Trinajstić information content (AvgIpc) is 3.53. The van der Waals surface area contributed by atoms with Crippen molar-refractivity contribution in [3.05, 3.63) is 87.1 Å². The maximum atomic E-state index is 13.9. The Bertz CT molecular complexity index is 1710. The second-order valence-electron chi connectivity index (χ2n) is 8.99. The molecular formula is C28H20Cl2N2O6S. The molecule has 1 aromatic heterocycles. The van der Waals surface area contributed by atoms with Crippen molar-refractivity contribution in [3.63, 3.8) is 0 Å². The number of hydrogen-bond donors (Lipinski definition) is 0. The fourth-order valence-electron chi connectivity index (χ4n) is 4.71. The summed E-state index contributed by atoms with van der Waals surface area (Å²) in [6.07, 6.45) is 1.53. The Hall–Kier alpha value is -3.84. The summed E-state index contributed by atoms with van der Waals surface area (Å²) in [5.74, 6) is -0.865. The highest BCUT2D eigenvalue weighted by molar-refractivity contribution is 7.91. The molecule has 0 saturated carbocycles. The van der Waals surface area contributed by atoms with Gasteiger partial charge < -0.3 is 9.15 Å². The molecule has 198 valence electrons. The zero-order chi connectivity index (χ0) is 27.9. The molecule has 0 N–H and O–H groups in total. The van der Waals surface area contributed by atoms with Crippen molar-refractivity contribution in [1.29, 1.82) is 5.26 Å². The molecule has 2 aliphatic rings. The molecule has 0 radical (unpaired) electrons. The average molecular weight is 583 g/mol. The number of carbonyl (C=O) groups excluding carboxylic acids is 2. The summed E-state index contributed by atoms with van der Waals surface area (Å²) in [6, 6.07) is 16.0. The molecule has 0 spiro atoms. The van der Waals surface area contributed by atoms with E-state index in [4.69, 9.17) is 32.4 Å². The van der Waals surface area contributed by atoms with E-state index in [1.807, 2.05) is 6.07 Å². The van der Waals surface area contributed by atoms with Crippen LogP contribution in [0.4, 0.5) is 0 Å². The minimum Gasteiger partial charge on any atom is -0.497 e.